The number of allylic oxidation sites excluding steroid dienone is 2. The third-order valence-corrected chi connectivity index (χ3v) is 5.60. The summed E-state index contributed by atoms with van der Waals surface area (Å²) in [6, 6.07) is 13.0. The van der Waals surface area contributed by atoms with Gasteiger partial charge in [-0.15, -0.1) is 23.7 Å². The van der Waals surface area contributed by atoms with Gasteiger partial charge in [0.25, 0.3) is 0 Å². The number of para-hydroxylation sites is 2. The van der Waals surface area contributed by atoms with E-state index in [1.54, 1.807) is 0 Å². The van der Waals surface area contributed by atoms with E-state index in [9.17, 15) is 0 Å². The molecule has 0 atom stereocenters. The van der Waals surface area contributed by atoms with E-state index in [4.69, 9.17) is 10.6 Å². The Kier molecular flexibility index (Phi) is 8.56. The van der Waals surface area contributed by atoms with Crippen LogP contribution >= 0.6 is 0 Å². The summed E-state index contributed by atoms with van der Waals surface area (Å²) >= 11 is 0. The summed E-state index contributed by atoms with van der Waals surface area (Å²) in [4.78, 5) is 0. The largest absolute Gasteiger partial charge is 0.661 e. The average Bonchev–Trinajstić information content (AvgIpc) is 2.67. The highest BCUT2D eigenvalue weighted by Crippen LogP contribution is 2.42. The summed E-state index contributed by atoms with van der Waals surface area (Å²) in [5.74, 6) is 1.66. The van der Waals surface area contributed by atoms with Gasteiger partial charge >= 0.3 is 0 Å². The van der Waals surface area contributed by atoms with Gasteiger partial charge in [-0.25, -0.2) is 0 Å². The molecule has 0 aliphatic carbocycles. The Morgan fingerprint density at radius 3 is 1.29 bits per heavy atom. The Labute approximate surface area is 190 Å². The van der Waals surface area contributed by atoms with Gasteiger partial charge in [0.15, 0.2) is 0 Å². The lowest BCUT2D eigenvalue weighted by atomic mass is 9.92. The molecular formula is C29H40N2-2. The first-order valence-corrected chi connectivity index (χ1v) is 11.6. The molecule has 2 aromatic carbocycles. The maximum atomic E-state index is 5.04. The van der Waals surface area contributed by atoms with Gasteiger partial charge in [0.05, 0.1) is 0 Å². The van der Waals surface area contributed by atoms with Gasteiger partial charge < -0.3 is 10.6 Å². The zero-order valence-electron chi connectivity index (χ0n) is 21.0. The van der Waals surface area contributed by atoms with E-state index in [1.807, 2.05) is 13.0 Å². The quantitative estimate of drug-likeness (QED) is 0.364. The first-order valence-electron chi connectivity index (χ1n) is 11.6. The van der Waals surface area contributed by atoms with E-state index in [0.29, 0.717) is 23.7 Å². The van der Waals surface area contributed by atoms with Crippen LogP contribution in [0.4, 0.5) is 11.4 Å². The second-order valence-electron chi connectivity index (χ2n) is 9.69. The van der Waals surface area contributed by atoms with Crippen molar-refractivity contribution in [1.29, 1.82) is 0 Å². The van der Waals surface area contributed by atoms with Gasteiger partial charge in [-0.2, -0.15) is 5.70 Å². The molecule has 2 aromatic rings. The topological polar surface area (TPSA) is 28.2 Å². The van der Waals surface area contributed by atoms with Crippen molar-refractivity contribution in [2.24, 2.45) is 0 Å². The highest BCUT2D eigenvalue weighted by molar-refractivity contribution is 5.70. The minimum atomic E-state index is 0.409. The minimum absolute atomic E-state index is 0.409. The van der Waals surface area contributed by atoms with Crippen molar-refractivity contribution in [2.45, 2.75) is 86.0 Å². The van der Waals surface area contributed by atoms with Gasteiger partial charge in [0.1, 0.15) is 0 Å². The van der Waals surface area contributed by atoms with Gasteiger partial charge in [-0.1, -0.05) is 127 Å². The van der Waals surface area contributed by atoms with Crippen LogP contribution in [0.2, 0.25) is 0 Å². The molecule has 168 valence electrons. The highest BCUT2D eigenvalue weighted by Gasteiger charge is 2.09. The van der Waals surface area contributed by atoms with E-state index < -0.39 is 0 Å². The van der Waals surface area contributed by atoms with Crippen LogP contribution < -0.4 is 0 Å². The van der Waals surface area contributed by atoms with Crippen LogP contribution in [0, 0.1) is 0 Å². The van der Waals surface area contributed by atoms with Gasteiger partial charge in [0, 0.05) is 0 Å². The molecule has 0 aromatic heterocycles. The molecule has 2 heteroatoms. The van der Waals surface area contributed by atoms with Crippen LogP contribution in [0.15, 0.2) is 60.4 Å². The third-order valence-electron chi connectivity index (χ3n) is 5.60. The van der Waals surface area contributed by atoms with Crippen LogP contribution in [0.5, 0.6) is 0 Å². The molecule has 0 fully saturated rings. The van der Waals surface area contributed by atoms with Crippen molar-refractivity contribution in [3.05, 3.63) is 93.3 Å². The summed E-state index contributed by atoms with van der Waals surface area (Å²) in [6.45, 7) is 24.0. The molecule has 31 heavy (non-hydrogen) atoms. The lowest BCUT2D eigenvalue weighted by Gasteiger charge is -2.35. The van der Waals surface area contributed by atoms with Crippen molar-refractivity contribution < 1.29 is 0 Å². The van der Waals surface area contributed by atoms with E-state index >= 15 is 0 Å². The van der Waals surface area contributed by atoms with E-state index in [1.165, 1.54) is 22.3 Å². The molecule has 0 unspecified atom stereocenters. The molecule has 0 spiro atoms. The normalized spacial score (nSPS) is 12.2. The standard InChI is InChI=1S/C29H40N2/c1-18(2)24-13-11-14-25(19(3)4)28(24)30-22(9)17-23(10)31-29-26(20(5)6)15-12-16-27(29)21(7)8/h11-21H,9H2,1-8,10H3/q-2/b23-17+. The minimum Gasteiger partial charge on any atom is -0.661 e. The number of benzene rings is 2. The van der Waals surface area contributed by atoms with E-state index in [0.717, 1.165) is 22.8 Å². The fourth-order valence-corrected chi connectivity index (χ4v) is 3.91. The summed E-state index contributed by atoms with van der Waals surface area (Å²) < 4.78 is 0. The predicted molar refractivity (Wildman–Crippen MR) is 138 cm³/mol. The lowest BCUT2D eigenvalue weighted by Crippen LogP contribution is -1.97. The van der Waals surface area contributed by atoms with Gasteiger partial charge in [0.2, 0.25) is 0 Å². The summed E-state index contributed by atoms with van der Waals surface area (Å²) in [5, 5.41) is 10.0. The maximum absolute atomic E-state index is 5.04. The first-order chi connectivity index (χ1) is 14.5. The average molecular weight is 417 g/mol. The second-order valence-corrected chi connectivity index (χ2v) is 9.69. The van der Waals surface area contributed by atoms with Crippen molar-refractivity contribution in [3.63, 3.8) is 0 Å². The lowest BCUT2D eigenvalue weighted by molar-refractivity contribution is 0.839. The van der Waals surface area contributed by atoms with Crippen LogP contribution in [0.25, 0.3) is 10.6 Å². The highest BCUT2D eigenvalue weighted by atomic mass is 14.9. The van der Waals surface area contributed by atoms with Crippen molar-refractivity contribution in [3.8, 4) is 0 Å². The number of rotatable bonds is 9. The molecular weight excluding hydrogens is 376 g/mol. The number of hydrogen-bond donors (Lipinski definition) is 0. The summed E-state index contributed by atoms with van der Waals surface area (Å²) in [6.07, 6.45) is 2.00. The molecule has 0 amide bonds. The predicted octanol–water partition coefficient (Wildman–Crippen LogP) is 10.3. The van der Waals surface area contributed by atoms with E-state index in [2.05, 4.69) is 98.4 Å². The fraction of sp³-hybridized carbons (Fsp3) is 0.448. The fourth-order valence-electron chi connectivity index (χ4n) is 3.91. The number of nitrogens with zero attached hydrogens (tertiary/aromatic N) is 2. The van der Waals surface area contributed by atoms with Gasteiger partial charge in [-0.3, -0.25) is 0 Å². The van der Waals surface area contributed by atoms with Crippen molar-refractivity contribution in [2.75, 3.05) is 0 Å². The maximum Gasteiger partial charge on any atom is -0.0231 e. The van der Waals surface area contributed by atoms with Gasteiger partial charge in [-0.05, 0) is 23.7 Å². The zero-order chi connectivity index (χ0) is 23.3. The molecule has 0 radical (unpaired) electrons. The smallest absolute Gasteiger partial charge is 0.0231 e. The zero-order valence-corrected chi connectivity index (χ0v) is 21.0. The van der Waals surface area contributed by atoms with Crippen LogP contribution in [0.1, 0.15) is 108 Å². The molecule has 0 saturated heterocycles. The second kappa shape index (κ2) is 10.7. The molecule has 0 heterocycles. The van der Waals surface area contributed by atoms with Crippen molar-refractivity contribution >= 4 is 11.4 Å². The summed E-state index contributed by atoms with van der Waals surface area (Å²) in [7, 11) is 0. The summed E-state index contributed by atoms with van der Waals surface area (Å²) in [5.41, 5.74) is 8.93. The molecule has 0 saturated carbocycles. The number of hydrogen-bond acceptors (Lipinski definition) is 0. The Balaban J connectivity index is 2.35. The van der Waals surface area contributed by atoms with Crippen LogP contribution in [-0.4, -0.2) is 0 Å². The van der Waals surface area contributed by atoms with E-state index in [-0.39, 0.29) is 0 Å². The third kappa shape index (κ3) is 6.26. The monoisotopic (exact) mass is 416 g/mol. The SMILES string of the molecule is C=C(/C=C(\C)[N-]c1c(C(C)C)cccc1C(C)C)[N-]c1c(C(C)C)cccc1C(C)C. The molecule has 2 nitrogen and oxygen atoms in total. The molecule has 2 rings (SSSR count). The van der Waals surface area contributed by atoms with Crippen LogP contribution in [-0.2, 0) is 0 Å². The Bertz CT molecular complexity index is 877. The Morgan fingerprint density at radius 2 is 0.968 bits per heavy atom. The molecule has 0 N–H and O–H groups in total. The molecule has 0 aliphatic heterocycles. The Morgan fingerprint density at radius 1 is 0.645 bits per heavy atom. The molecule has 0 bridgehead atoms. The van der Waals surface area contributed by atoms with Crippen LogP contribution in [0.3, 0.4) is 0 Å². The molecule has 0 aliphatic rings. The first kappa shape index (κ1) is 24.8. The Hall–Kier alpha value is -2.48. The van der Waals surface area contributed by atoms with Crippen molar-refractivity contribution in [1.82, 2.24) is 0 Å².